The maximum Gasteiger partial charge on any atom is 0.409 e. The van der Waals surface area contributed by atoms with E-state index in [-0.39, 0.29) is 19.6 Å². The highest BCUT2D eigenvalue weighted by atomic mass is 16.6. The van der Waals surface area contributed by atoms with Crippen LogP contribution in [0.4, 0.5) is 4.79 Å². The van der Waals surface area contributed by atoms with Crippen LogP contribution < -0.4 is 10.6 Å². The number of carboxylic acid groups (broad SMARTS) is 1. The van der Waals surface area contributed by atoms with Crippen LogP contribution in [0.5, 0.6) is 0 Å². The van der Waals surface area contributed by atoms with Gasteiger partial charge >= 0.3 is 12.1 Å². The Balaban J connectivity index is 2.97. The molecule has 0 saturated carbocycles. The molecule has 0 aliphatic carbocycles. The van der Waals surface area contributed by atoms with Crippen LogP contribution in [0.15, 0.2) is 30.3 Å². The topological polar surface area (TPSA) is 117 Å². The Morgan fingerprint density at radius 3 is 2.33 bits per heavy atom. The van der Waals surface area contributed by atoms with Gasteiger partial charge in [0, 0.05) is 13.7 Å². The van der Waals surface area contributed by atoms with Crippen molar-refractivity contribution in [2.24, 2.45) is 0 Å². The summed E-state index contributed by atoms with van der Waals surface area (Å²) in [6, 6.07) is 9.37. The van der Waals surface area contributed by atoms with Crippen molar-refractivity contribution in [2.45, 2.75) is 51.0 Å². The molecule has 0 aliphatic heterocycles. The van der Waals surface area contributed by atoms with Gasteiger partial charge in [-0.05, 0) is 39.2 Å². The number of rotatable bonds is 10. The SMILES string of the molecule is COCCN[C@](NC(=O)OC(C)(C)C)(C(=O)O)[C@@H](O)CCc1ccccc1. The molecule has 0 fully saturated rings. The number of alkyl carbamates (subject to hydrolysis) is 1. The maximum absolute atomic E-state index is 12.2. The highest BCUT2D eigenvalue weighted by Crippen LogP contribution is 2.17. The van der Waals surface area contributed by atoms with E-state index in [2.05, 4.69) is 10.6 Å². The van der Waals surface area contributed by atoms with Gasteiger partial charge in [-0.2, -0.15) is 0 Å². The molecule has 8 heteroatoms. The summed E-state index contributed by atoms with van der Waals surface area (Å²) < 4.78 is 10.1. The number of benzene rings is 1. The van der Waals surface area contributed by atoms with Gasteiger partial charge in [0.15, 0.2) is 0 Å². The van der Waals surface area contributed by atoms with E-state index in [1.807, 2.05) is 30.3 Å². The molecule has 27 heavy (non-hydrogen) atoms. The molecule has 0 bridgehead atoms. The molecule has 0 aromatic heterocycles. The van der Waals surface area contributed by atoms with Crippen LogP contribution in [0.3, 0.4) is 0 Å². The third-order valence-corrected chi connectivity index (χ3v) is 3.79. The summed E-state index contributed by atoms with van der Waals surface area (Å²) in [6.07, 6.45) is -1.78. The number of hydrogen-bond donors (Lipinski definition) is 4. The van der Waals surface area contributed by atoms with E-state index in [0.29, 0.717) is 6.42 Å². The molecule has 1 amide bonds. The van der Waals surface area contributed by atoms with E-state index >= 15 is 0 Å². The maximum atomic E-state index is 12.2. The molecule has 1 aromatic carbocycles. The first-order valence-electron chi connectivity index (χ1n) is 8.81. The van der Waals surface area contributed by atoms with Crippen LogP contribution >= 0.6 is 0 Å². The fraction of sp³-hybridized carbons (Fsp3) is 0.579. The molecular formula is C19H30N2O6. The number of amides is 1. The van der Waals surface area contributed by atoms with E-state index in [4.69, 9.17) is 9.47 Å². The average Bonchev–Trinajstić information content (AvgIpc) is 2.58. The summed E-state index contributed by atoms with van der Waals surface area (Å²) in [4.78, 5) is 24.2. The van der Waals surface area contributed by atoms with E-state index in [0.717, 1.165) is 5.56 Å². The number of aliphatic hydroxyl groups is 1. The van der Waals surface area contributed by atoms with Crippen LogP contribution in [0.25, 0.3) is 0 Å². The minimum atomic E-state index is -2.10. The Bertz CT molecular complexity index is 602. The molecule has 8 nitrogen and oxygen atoms in total. The number of nitrogens with one attached hydrogen (secondary N) is 2. The second-order valence-corrected chi connectivity index (χ2v) is 7.20. The number of carboxylic acids is 1. The molecule has 1 aromatic rings. The summed E-state index contributed by atoms with van der Waals surface area (Å²) >= 11 is 0. The first-order valence-corrected chi connectivity index (χ1v) is 8.81. The molecular weight excluding hydrogens is 352 g/mol. The van der Waals surface area contributed by atoms with Gasteiger partial charge in [-0.3, -0.25) is 10.6 Å². The highest BCUT2D eigenvalue weighted by Gasteiger charge is 2.47. The van der Waals surface area contributed by atoms with Gasteiger partial charge in [-0.1, -0.05) is 30.3 Å². The van der Waals surface area contributed by atoms with Crippen LogP contribution in [-0.2, 0) is 20.7 Å². The molecule has 0 unspecified atom stereocenters. The Kier molecular flexibility index (Phi) is 8.68. The van der Waals surface area contributed by atoms with Gasteiger partial charge in [-0.25, -0.2) is 9.59 Å². The number of methoxy groups -OCH3 is 1. The van der Waals surface area contributed by atoms with Gasteiger partial charge in [-0.15, -0.1) is 0 Å². The Labute approximate surface area is 159 Å². The summed E-state index contributed by atoms with van der Waals surface area (Å²) in [6.45, 7) is 5.31. The van der Waals surface area contributed by atoms with Crippen molar-refractivity contribution in [1.82, 2.24) is 10.6 Å². The van der Waals surface area contributed by atoms with Gasteiger partial charge in [0.2, 0.25) is 5.66 Å². The zero-order chi connectivity index (χ0) is 20.5. The number of carbonyl (C=O) groups is 2. The summed E-state index contributed by atoms with van der Waals surface area (Å²) in [5.74, 6) is -1.41. The lowest BCUT2D eigenvalue weighted by molar-refractivity contribution is -0.153. The van der Waals surface area contributed by atoms with Crippen LogP contribution in [0, 0.1) is 0 Å². The number of aliphatic hydroxyl groups excluding tert-OH is 1. The van der Waals surface area contributed by atoms with Crippen molar-refractivity contribution in [2.75, 3.05) is 20.3 Å². The first-order chi connectivity index (χ1) is 12.6. The molecule has 0 aliphatic rings. The standard InChI is InChI=1S/C19H30N2O6/c1-18(2,3)27-17(25)21-19(16(23)24,20-12-13-26-4)15(22)11-10-14-8-6-5-7-9-14/h5-9,15,20,22H,10-13H2,1-4H3,(H,21,25)(H,23,24)/t15-,19+/m0/s1. The second-order valence-electron chi connectivity index (χ2n) is 7.20. The highest BCUT2D eigenvalue weighted by molar-refractivity contribution is 5.84. The number of ether oxygens (including phenoxy) is 2. The quantitative estimate of drug-likeness (QED) is 0.358. The average molecular weight is 382 g/mol. The minimum absolute atomic E-state index is 0.112. The number of hydrogen-bond acceptors (Lipinski definition) is 6. The van der Waals surface area contributed by atoms with E-state index in [1.165, 1.54) is 7.11 Å². The molecule has 0 radical (unpaired) electrons. The van der Waals surface area contributed by atoms with Gasteiger partial charge < -0.3 is 19.7 Å². The lowest BCUT2D eigenvalue weighted by atomic mass is 9.96. The Morgan fingerprint density at radius 2 is 1.81 bits per heavy atom. The molecule has 4 N–H and O–H groups in total. The third kappa shape index (κ3) is 7.54. The fourth-order valence-electron chi connectivity index (χ4n) is 2.50. The van der Waals surface area contributed by atoms with Crippen LogP contribution in [0.2, 0.25) is 0 Å². The molecule has 152 valence electrons. The van der Waals surface area contributed by atoms with Gasteiger partial charge in [0.05, 0.1) is 6.61 Å². The van der Waals surface area contributed by atoms with Crippen molar-refractivity contribution >= 4 is 12.1 Å². The van der Waals surface area contributed by atoms with Crippen molar-refractivity contribution in [3.05, 3.63) is 35.9 Å². The third-order valence-electron chi connectivity index (χ3n) is 3.79. The molecule has 2 atom stereocenters. The van der Waals surface area contributed by atoms with Crippen molar-refractivity contribution in [3.63, 3.8) is 0 Å². The normalized spacial score (nSPS) is 14.9. The minimum Gasteiger partial charge on any atom is -0.478 e. The zero-order valence-corrected chi connectivity index (χ0v) is 16.3. The van der Waals surface area contributed by atoms with E-state index in [1.54, 1.807) is 20.8 Å². The second kappa shape index (κ2) is 10.2. The lowest BCUT2D eigenvalue weighted by Crippen LogP contribution is -2.71. The monoisotopic (exact) mass is 382 g/mol. The van der Waals surface area contributed by atoms with Crippen molar-refractivity contribution < 1.29 is 29.3 Å². The Hall–Kier alpha value is -2.16. The first kappa shape index (κ1) is 22.9. The Morgan fingerprint density at radius 1 is 1.19 bits per heavy atom. The lowest BCUT2D eigenvalue weighted by Gasteiger charge is -2.36. The van der Waals surface area contributed by atoms with Crippen molar-refractivity contribution in [1.29, 1.82) is 0 Å². The van der Waals surface area contributed by atoms with Crippen LogP contribution in [0.1, 0.15) is 32.8 Å². The van der Waals surface area contributed by atoms with Crippen LogP contribution in [-0.4, -0.2) is 59.9 Å². The number of carbonyl (C=O) groups excluding carboxylic acids is 1. The summed E-state index contributed by atoms with van der Waals surface area (Å²) in [5.41, 5.74) is -1.96. The van der Waals surface area contributed by atoms with Gasteiger partial charge in [0.25, 0.3) is 0 Å². The fourth-order valence-corrected chi connectivity index (χ4v) is 2.50. The summed E-state index contributed by atoms with van der Waals surface area (Å²) in [5, 5.41) is 25.5. The molecule has 0 heterocycles. The molecule has 0 spiro atoms. The summed E-state index contributed by atoms with van der Waals surface area (Å²) in [7, 11) is 1.47. The number of aryl methyl sites for hydroxylation is 1. The zero-order valence-electron chi connectivity index (χ0n) is 16.3. The number of aliphatic carboxylic acids is 1. The van der Waals surface area contributed by atoms with E-state index < -0.39 is 29.4 Å². The predicted molar refractivity (Wildman–Crippen MR) is 100 cm³/mol. The smallest absolute Gasteiger partial charge is 0.409 e. The largest absolute Gasteiger partial charge is 0.478 e. The molecule has 1 rings (SSSR count). The van der Waals surface area contributed by atoms with Gasteiger partial charge in [0.1, 0.15) is 11.7 Å². The molecule has 0 saturated heterocycles. The van der Waals surface area contributed by atoms with E-state index in [9.17, 15) is 19.8 Å². The van der Waals surface area contributed by atoms with Crippen molar-refractivity contribution in [3.8, 4) is 0 Å². The predicted octanol–water partition coefficient (Wildman–Crippen LogP) is 1.52.